The molecule has 1 aliphatic rings. The van der Waals surface area contributed by atoms with Crippen molar-refractivity contribution < 1.29 is 19.5 Å². The lowest BCUT2D eigenvalue weighted by Gasteiger charge is -2.25. The second-order valence-electron chi connectivity index (χ2n) is 8.74. The SMILES string of the molecule is CCc1ccc(C2/C(=C(/O)c3c[nH]c4ccccc34)C(=O)C(=O)N2c2ccc(NC(C)=O)cc2)cc1. The fourth-order valence-electron chi connectivity index (χ4n) is 4.67. The number of aliphatic hydroxyl groups is 1. The molecule has 1 atom stereocenters. The number of anilines is 2. The summed E-state index contributed by atoms with van der Waals surface area (Å²) in [6, 6.07) is 21.0. The number of benzene rings is 3. The highest BCUT2D eigenvalue weighted by molar-refractivity contribution is 6.51. The molecule has 0 bridgehead atoms. The van der Waals surface area contributed by atoms with Crippen molar-refractivity contribution >= 4 is 45.6 Å². The number of nitrogens with one attached hydrogen (secondary N) is 2. The van der Waals surface area contributed by atoms with Crippen LogP contribution in [-0.2, 0) is 20.8 Å². The van der Waals surface area contributed by atoms with Crippen LogP contribution in [0.1, 0.15) is 36.6 Å². The zero-order valence-electron chi connectivity index (χ0n) is 19.9. The monoisotopic (exact) mass is 479 g/mol. The van der Waals surface area contributed by atoms with Gasteiger partial charge in [0, 0.05) is 41.0 Å². The highest BCUT2D eigenvalue weighted by Crippen LogP contribution is 2.43. The maximum absolute atomic E-state index is 13.4. The summed E-state index contributed by atoms with van der Waals surface area (Å²) in [4.78, 5) is 42.7. The summed E-state index contributed by atoms with van der Waals surface area (Å²) in [5, 5.41) is 14.9. The molecular formula is C29H25N3O4. The standard InChI is InChI=1S/C29H25N3O4/c1-3-18-8-10-19(11-9-18)26-25(27(34)23-16-30-24-7-5-4-6-22(23)24)28(35)29(36)32(26)21-14-12-20(13-15-21)31-17(2)33/h4-16,26,30,34H,3H2,1-2H3,(H,31,33)/b27-25-. The number of para-hydroxylation sites is 1. The number of ketones is 1. The number of aromatic nitrogens is 1. The van der Waals surface area contributed by atoms with Gasteiger partial charge in [-0.1, -0.05) is 49.4 Å². The van der Waals surface area contributed by atoms with E-state index in [1.165, 1.54) is 11.8 Å². The molecule has 2 amide bonds. The number of aromatic amines is 1. The Labute approximate surface area is 208 Å². The van der Waals surface area contributed by atoms with Gasteiger partial charge in [-0.2, -0.15) is 0 Å². The summed E-state index contributed by atoms with van der Waals surface area (Å²) in [6.45, 7) is 3.46. The van der Waals surface area contributed by atoms with E-state index >= 15 is 0 Å². The molecule has 36 heavy (non-hydrogen) atoms. The van der Waals surface area contributed by atoms with E-state index in [0.717, 1.165) is 22.9 Å². The van der Waals surface area contributed by atoms with E-state index in [9.17, 15) is 19.5 Å². The molecule has 1 fully saturated rings. The van der Waals surface area contributed by atoms with Crippen LogP contribution in [0.3, 0.4) is 0 Å². The second-order valence-corrected chi connectivity index (χ2v) is 8.74. The van der Waals surface area contributed by atoms with E-state index in [2.05, 4.69) is 17.2 Å². The van der Waals surface area contributed by atoms with Crippen LogP contribution >= 0.6 is 0 Å². The predicted molar refractivity (Wildman–Crippen MR) is 140 cm³/mol. The fourth-order valence-corrected chi connectivity index (χ4v) is 4.67. The van der Waals surface area contributed by atoms with Crippen molar-refractivity contribution in [2.24, 2.45) is 0 Å². The number of aliphatic hydroxyl groups excluding tert-OH is 1. The number of Topliss-reactive ketones (excluding diaryl/α,β-unsaturated/α-hetero) is 1. The Kier molecular flexibility index (Phi) is 5.90. The van der Waals surface area contributed by atoms with Crippen LogP contribution in [0.4, 0.5) is 11.4 Å². The Hall–Kier alpha value is -4.65. The zero-order chi connectivity index (χ0) is 25.4. The number of carbonyl (C=O) groups excluding carboxylic acids is 3. The van der Waals surface area contributed by atoms with Gasteiger partial charge in [0.2, 0.25) is 5.91 Å². The Bertz CT molecular complexity index is 1510. The first kappa shape index (κ1) is 23.1. The molecule has 7 heteroatoms. The largest absolute Gasteiger partial charge is 0.507 e. The number of H-pyrrole nitrogens is 1. The van der Waals surface area contributed by atoms with Crippen LogP contribution in [0.5, 0.6) is 0 Å². The van der Waals surface area contributed by atoms with Crippen LogP contribution in [0.15, 0.2) is 84.6 Å². The molecule has 0 aliphatic carbocycles. The van der Waals surface area contributed by atoms with Crippen LogP contribution < -0.4 is 10.2 Å². The van der Waals surface area contributed by atoms with Gasteiger partial charge in [-0.25, -0.2) is 0 Å². The van der Waals surface area contributed by atoms with Gasteiger partial charge in [0.25, 0.3) is 11.7 Å². The lowest BCUT2D eigenvalue weighted by molar-refractivity contribution is -0.132. The Balaban J connectivity index is 1.68. The number of fused-ring (bicyclic) bond motifs is 1. The zero-order valence-corrected chi connectivity index (χ0v) is 19.9. The van der Waals surface area contributed by atoms with Crippen molar-refractivity contribution in [1.29, 1.82) is 0 Å². The normalized spacial score (nSPS) is 17.1. The third-order valence-corrected chi connectivity index (χ3v) is 6.46. The van der Waals surface area contributed by atoms with Gasteiger partial charge >= 0.3 is 0 Å². The molecule has 0 radical (unpaired) electrons. The summed E-state index contributed by atoms with van der Waals surface area (Å²) >= 11 is 0. The molecule has 0 spiro atoms. The van der Waals surface area contributed by atoms with Gasteiger partial charge < -0.3 is 15.4 Å². The van der Waals surface area contributed by atoms with Gasteiger partial charge in [0.1, 0.15) is 5.76 Å². The summed E-state index contributed by atoms with van der Waals surface area (Å²) in [5.41, 5.74) is 4.18. The third kappa shape index (κ3) is 3.94. The highest BCUT2D eigenvalue weighted by Gasteiger charge is 2.47. The molecule has 7 nitrogen and oxygen atoms in total. The minimum absolute atomic E-state index is 0.0277. The van der Waals surface area contributed by atoms with Crippen molar-refractivity contribution in [3.8, 4) is 0 Å². The number of hydrogen-bond donors (Lipinski definition) is 3. The lowest BCUT2D eigenvalue weighted by Crippen LogP contribution is -2.29. The molecule has 0 saturated carbocycles. The molecule has 2 heterocycles. The number of amides is 2. The van der Waals surface area contributed by atoms with Crippen LogP contribution in [0, 0.1) is 0 Å². The summed E-state index contributed by atoms with van der Waals surface area (Å²) < 4.78 is 0. The van der Waals surface area contributed by atoms with E-state index in [-0.39, 0.29) is 17.2 Å². The Morgan fingerprint density at radius 2 is 1.69 bits per heavy atom. The van der Waals surface area contributed by atoms with Gasteiger partial charge in [-0.15, -0.1) is 0 Å². The van der Waals surface area contributed by atoms with Gasteiger partial charge in [0.15, 0.2) is 0 Å². The molecule has 1 aromatic heterocycles. The van der Waals surface area contributed by atoms with Gasteiger partial charge in [-0.05, 0) is 47.9 Å². The van der Waals surface area contributed by atoms with E-state index in [1.807, 2.05) is 48.5 Å². The van der Waals surface area contributed by atoms with Crippen molar-refractivity contribution in [3.63, 3.8) is 0 Å². The number of hydrogen-bond acceptors (Lipinski definition) is 4. The van der Waals surface area contributed by atoms with E-state index < -0.39 is 17.7 Å². The molecule has 5 rings (SSSR count). The van der Waals surface area contributed by atoms with Gasteiger partial charge in [-0.3, -0.25) is 19.3 Å². The molecule has 1 unspecified atom stereocenters. The fraction of sp³-hybridized carbons (Fsp3) is 0.138. The third-order valence-electron chi connectivity index (χ3n) is 6.46. The quantitative estimate of drug-likeness (QED) is 0.205. The smallest absolute Gasteiger partial charge is 0.300 e. The number of nitrogens with zero attached hydrogens (tertiary/aromatic N) is 1. The average molecular weight is 480 g/mol. The van der Waals surface area contributed by atoms with Crippen molar-refractivity contribution in [1.82, 2.24) is 4.98 Å². The van der Waals surface area contributed by atoms with Crippen LogP contribution in [0.25, 0.3) is 16.7 Å². The first-order valence-electron chi connectivity index (χ1n) is 11.7. The van der Waals surface area contributed by atoms with Gasteiger partial charge in [0.05, 0.1) is 11.6 Å². The lowest BCUT2D eigenvalue weighted by atomic mass is 9.94. The Morgan fingerprint density at radius 3 is 2.36 bits per heavy atom. The molecule has 1 saturated heterocycles. The molecule has 4 aromatic rings. The van der Waals surface area contributed by atoms with Crippen LogP contribution in [-0.4, -0.2) is 27.7 Å². The summed E-state index contributed by atoms with van der Waals surface area (Å²) in [7, 11) is 0. The Morgan fingerprint density at radius 1 is 1.00 bits per heavy atom. The highest BCUT2D eigenvalue weighted by atomic mass is 16.3. The first-order chi connectivity index (χ1) is 17.4. The molecule has 3 N–H and O–H groups in total. The maximum Gasteiger partial charge on any atom is 0.300 e. The number of carbonyl (C=O) groups is 3. The van der Waals surface area contributed by atoms with E-state index in [1.54, 1.807) is 30.5 Å². The molecule has 3 aromatic carbocycles. The topological polar surface area (TPSA) is 102 Å². The maximum atomic E-state index is 13.4. The number of aryl methyl sites for hydroxylation is 1. The average Bonchev–Trinajstić information content (AvgIpc) is 3.43. The summed E-state index contributed by atoms with van der Waals surface area (Å²) in [6.07, 6.45) is 2.49. The minimum Gasteiger partial charge on any atom is -0.507 e. The predicted octanol–water partition coefficient (Wildman–Crippen LogP) is 5.32. The van der Waals surface area contributed by atoms with Crippen molar-refractivity contribution in [2.75, 3.05) is 10.2 Å². The molecule has 180 valence electrons. The minimum atomic E-state index is -0.823. The molecule has 1 aliphatic heterocycles. The van der Waals surface area contributed by atoms with Crippen molar-refractivity contribution in [3.05, 3.63) is 101 Å². The van der Waals surface area contributed by atoms with Crippen molar-refractivity contribution in [2.45, 2.75) is 26.3 Å². The van der Waals surface area contributed by atoms with Crippen LogP contribution in [0.2, 0.25) is 0 Å². The van der Waals surface area contributed by atoms with E-state index in [0.29, 0.717) is 22.5 Å². The summed E-state index contributed by atoms with van der Waals surface area (Å²) in [5.74, 6) is -1.92. The van der Waals surface area contributed by atoms with E-state index in [4.69, 9.17) is 0 Å². The first-order valence-corrected chi connectivity index (χ1v) is 11.7. The molecular weight excluding hydrogens is 454 g/mol. The number of rotatable bonds is 5. The second kappa shape index (κ2) is 9.19.